The fourth-order valence-corrected chi connectivity index (χ4v) is 5.41. The number of hydrogen-bond acceptors (Lipinski definition) is 4. The van der Waals surface area contributed by atoms with Crippen molar-refractivity contribution in [2.24, 2.45) is 0 Å². The largest absolute Gasteiger partial charge is 0.336 e. The van der Waals surface area contributed by atoms with E-state index in [1.54, 1.807) is 0 Å². The van der Waals surface area contributed by atoms with Gasteiger partial charge in [-0.15, -0.1) is 0 Å². The first kappa shape index (κ1) is 18.4. The molecule has 1 unspecified atom stereocenters. The van der Waals surface area contributed by atoms with Crippen LogP contribution < -0.4 is 0 Å². The lowest BCUT2D eigenvalue weighted by atomic mass is 9.86. The molecule has 6 heteroatoms. The van der Waals surface area contributed by atoms with Gasteiger partial charge in [0.15, 0.2) is 9.84 Å². The van der Waals surface area contributed by atoms with E-state index in [9.17, 15) is 13.2 Å². The van der Waals surface area contributed by atoms with Gasteiger partial charge in [0.05, 0.1) is 11.5 Å². The molecule has 0 saturated carbocycles. The maximum absolute atomic E-state index is 12.7. The number of carbonyl (C=O) groups excluding carboxylic acids is 1. The first-order chi connectivity index (χ1) is 11.7. The molecule has 25 heavy (non-hydrogen) atoms. The summed E-state index contributed by atoms with van der Waals surface area (Å²) < 4.78 is 23.3. The van der Waals surface area contributed by atoms with E-state index in [2.05, 4.69) is 25.7 Å². The molecular formula is C19H28N2O3S. The molecule has 0 spiro atoms. The first-order valence-electron chi connectivity index (χ1n) is 9.00. The minimum Gasteiger partial charge on any atom is -0.336 e. The van der Waals surface area contributed by atoms with Crippen LogP contribution in [0.15, 0.2) is 24.3 Å². The summed E-state index contributed by atoms with van der Waals surface area (Å²) in [4.78, 5) is 16.8. The van der Waals surface area contributed by atoms with Crippen molar-refractivity contribution in [2.75, 3.05) is 37.7 Å². The van der Waals surface area contributed by atoms with Gasteiger partial charge < -0.3 is 4.90 Å². The molecule has 3 rings (SSSR count). The fraction of sp³-hybridized carbons (Fsp3) is 0.632. The van der Waals surface area contributed by atoms with E-state index in [1.165, 1.54) is 5.56 Å². The van der Waals surface area contributed by atoms with E-state index in [4.69, 9.17) is 0 Å². The first-order valence-corrected chi connectivity index (χ1v) is 10.8. The number of hydrogen-bond donors (Lipinski definition) is 0. The number of nitrogens with zero attached hydrogens (tertiary/aromatic N) is 2. The zero-order chi connectivity index (χ0) is 18.2. The molecule has 0 N–H and O–H groups in total. The van der Waals surface area contributed by atoms with E-state index in [-0.39, 0.29) is 23.1 Å². The third kappa shape index (κ3) is 4.23. The van der Waals surface area contributed by atoms with Crippen LogP contribution in [-0.2, 0) is 15.3 Å². The van der Waals surface area contributed by atoms with Crippen molar-refractivity contribution in [3.8, 4) is 0 Å². The monoisotopic (exact) mass is 364 g/mol. The highest BCUT2D eigenvalue weighted by atomic mass is 32.2. The van der Waals surface area contributed by atoms with Crippen LogP contribution in [0, 0.1) is 0 Å². The summed E-state index contributed by atoms with van der Waals surface area (Å²) in [7, 11) is -2.86. The summed E-state index contributed by atoms with van der Waals surface area (Å²) in [5.41, 5.74) is 2.02. The summed E-state index contributed by atoms with van der Waals surface area (Å²) in [5.74, 6) is 0.644. The Hall–Kier alpha value is -1.40. The molecule has 138 valence electrons. The van der Waals surface area contributed by atoms with Gasteiger partial charge >= 0.3 is 0 Å². The fourth-order valence-electron chi connectivity index (χ4n) is 3.65. The third-order valence-electron chi connectivity index (χ3n) is 5.32. The number of rotatable bonds is 2. The van der Waals surface area contributed by atoms with Crippen molar-refractivity contribution in [3.05, 3.63) is 35.4 Å². The molecule has 1 aromatic carbocycles. The molecule has 2 heterocycles. The number of carbonyl (C=O) groups is 1. The molecule has 1 aromatic rings. The lowest BCUT2D eigenvalue weighted by Crippen LogP contribution is -2.52. The zero-order valence-corrected chi connectivity index (χ0v) is 16.2. The van der Waals surface area contributed by atoms with Crippen molar-refractivity contribution in [1.82, 2.24) is 9.80 Å². The molecule has 2 aliphatic heterocycles. The van der Waals surface area contributed by atoms with Crippen LogP contribution in [0.2, 0.25) is 0 Å². The van der Waals surface area contributed by atoms with Crippen molar-refractivity contribution in [3.63, 3.8) is 0 Å². The van der Waals surface area contributed by atoms with Crippen LogP contribution in [0.1, 0.15) is 43.1 Å². The predicted octanol–water partition coefficient (Wildman–Crippen LogP) is 1.93. The molecule has 2 saturated heterocycles. The minimum absolute atomic E-state index is 0.0687. The van der Waals surface area contributed by atoms with Crippen LogP contribution in [0.5, 0.6) is 0 Å². The Morgan fingerprint density at radius 1 is 1.04 bits per heavy atom. The molecular weight excluding hydrogens is 336 g/mol. The van der Waals surface area contributed by atoms with Gasteiger partial charge in [-0.1, -0.05) is 32.9 Å². The summed E-state index contributed by atoms with van der Waals surface area (Å²) >= 11 is 0. The molecule has 1 atom stereocenters. The van der Waals surface area contributed by atoms with E-state index in [0.29, 0.717) is 18.8 Å². The van der Waals surface area contributed by atoms with Gasteiger partial charge in [0.25, 0.3) is 5.91 Å². The van der Waals surface area contributed by atoms with Crippen LogP contribution in [-0.4, -0.2) is 67.9 Å². The second kappa shape index (κ2) is 6.72. The van der Waals surface area contributed by atoms with Gasteiger partial charge in [0, 0.05) is 37.8 Å². The summed E-state index contributed by atoms with van der Waals surface area (Å²) in [5, 5.41) is 0. The van der Waals surface area contributed by atoms with Gasteiger partial charge in [-0.2, -0.15) is 0 Å². The van der Waals surface area contributed by atoms with E-state index in [0.717, 1.165) is 25.1 Å². The van der Waals surface area contributed by atoms with Crippen molar-refractivity contribution < 1.29 is 13.2 Å². The highest BCUT2D eigenvalue weighted by Gasteiger charge is 2.34. The number of piperazine rings is 1. The van der Waals surface area contributed by atoms with E-state index in [1.807, 2.05) is 29.2 Å². The maximum Gasteiger partial charge on any atom is 0.253 e. The molecule has 0 bridgehead atoms. The van der Waals surface area contributed by atoms with Crippen LogP contribution in [0.3, 0.4) is 0 Å². The van der Waals surface area contributed by atoms with Crippen LogP contribution in [0.25, 0.3) is 0 Å². The highest BCUT2D eigenvalue weighted by Crippen LogP contribution is 2.23. The second-order valence-electron chi connectivity index (χ2n) is 8.21. The Morgan fingerprint density at radius 2 is 1.64 bits per heavy atom. The van der Waals surface area contributed by atoms with Crippen molar-refractivity contribution in [2.45, 2.75) is 38.6 Å². The number of amides is 1. The second-order valence-corrected chi connectivity index (χ2v) is 10.4. The summed E-state index contributed by atoms with van der Waals surface area (Å²) in [6, 6.07) is 8.03. The van der Waals surface area contributed by atoms with Gasteiger partial charge in [-0.3, -0.25) is 9.69 Å². The molecule has 2 aliphatic rings. The Kier molecular flexibility index (Phi) is 4.95. The molecule has 0 aliphatic carbocycles. The number of sulfone groups is 1. The lowest BCUT2D eigenvalue weighted by molar-refractivity contribution is 0.0588. The van der Waals surface area contributed by atoms with E-state index >= 15 is 0 Å². The Labute approximate surface area is 150 Å². The average molecular weight is 365 g/mol. The van der Waals surface area contributed by atoms with Crippen molar-refractivity contribution in [1.29, 1.82) is 0 Å². The third-order valence-corrected chi connectivity index (χ3v) is 7.07. The quantitative estimate of drug-likeness (QED) is 0.805. The van der Waals surface area contributed by atoms with Crippen molar-refractivity contribution >= 4 is 15.7 Å². The smallest absolute Gasteiger partial charge is 0.253 e. The SMILES string of the molecule is CC(C)(C)c1ccc(C(=O)N2CCN(C3CCS(=O)(=O)C3)CC2)cc1. The zero-order valence-electron chi connectivity index (χ0n) is 15.4. The standard InChI is InChI=1S/C19H28N2O3S/c1-19(2,3)16-6-4-15(5-7-16)18(22)21-11-9-20(10-12-21)17-8-13-25(23,24)14-17/h4-7,17H,8-14H2,1-3H3. The van der Waals surface area contributed by atoms with Crippen LogP contribution in [0.4, 0.5) is 0 Å². The summed E-state index contributed by atoms with van der Waals surface area (Å²) in [6.07, 6.45) is 0.727. The summed E-state index contributed by atoms with van der Waals surface area (Å²) in [6.45, 7) is 9.32. The number of benzene rings is 1. The molecule has 5 nitrogen and oxygen atoms in total. The topological polar surface area (TPSA) is 57.7 Å². The van der Waals surface area contributed by atoms with Crippen LogP contribution >= 0.6 is 0 Å². The molecule has 1 amide bonds. The Bertz CT molecular complexity index is 727. The average Bonchev–Trinajstić information content (AvgIpc) is 2.94. The lowest BCUT2D eigenvalue weighted by Gasteiger charge is -2.37. The molecule has 0 radical (unpaired) electrons. The Balaban J connectivity index is 1.58. The predicted molar refractivity (Wildman–Crippen MR) is 99.7 cm³/mol. The molecule has 2 fully saturated rings. The van der Waals surface area contributed by atoms with Gasteiger partial charge in [-0.25, -0.2) is 8.42 Å². The van der Waals surface area contributed by atoms with E-state index < -0.39 is 9.84 Å². The molecule has 0 aromatic heterocycles. The normalized spacial score (nSPS) is 24.4. The Morgan fingerprint density at radius 3 is 2.12 bits per heavy atom. The van der Waals surface area contributed by atoms with Gasteiger partial charge in [-0.05, 0) is 29.5 Å². The minimum atomic E-state index is -2.86. The van der Waals surface area contributed by atoms with Gasteiger partial charge in [0.1, 0.15) is 0 Å². The maximum atomic E-state index is 12.7. The van der Waals surface area contributed by atoms with Gasteiger partial charge in [0.2, 0.25) is 0 Å². The highest BCUT2D eigenvalue weighted by molar-refractivity contribution is 7.91.